The Hall–Kier alpha value is -0.900. The van der Waals surface area contributed by atoms with Crippen LogP contribution in [0.25, 0.3) is 0 Å². The first-order chi connectivity index (χ1) is 7.41. The third-order valence-corrected chi connectivity index (χ3v) is 3.26. The van der Waals surface area contributed by atoms with Gasteiger partial charge in [0.2, 0.25) is 5.91 Å². The maximum absolute atomic E-state index is 12.8. The van der Waals surface area contributed by atoms with Crippen molar-refractivity contribution in [2.75, 3.05) is 5.32 Å². The Bertz CT molecular complexity index is 393. The van der Waals surface area contributed by atoms with Crippen LogP contribution in [0, 0.1) is 17.7 Å². The van der Waals surface area contributed by atoms with Gasteiger partial charge in [0.25, 0.3) is 0 Å². The molecule has 0 spiro atoms. The van der Waals surface area contributed by atoms with E-state index in [1.54, 1.807) is 6.07 Å². The minimum atomic E-state index is -0.332. The van der Waals surface area contributed by atoms with Crippen molar-refractivity contribution in [3.63, 3.8) is 0 Å². The fourth-order valence-corrected chi connectivity index (χ4v) is 1.59. The number of rotatable bonds is 3. The third-order valence-electron chi connectivity index (χ3n) is 2.60. The number of carbonyl (C=O) groups is 1. The minimum absolute atomic E-state index is 0.0534. The van der Waals surface area contributed by atoms with Crippen LogP contribution in [0.15, 0.2) is 22.7 Å². The van der Waals surface area contributed by atoms with E-state index in [1.165, 1.54) is 12.1 Å². The molecular formula is C12H15BrFNO. The van der Waals surface area contributed by atoms with Gasteiger partial charge in [-0.1, -0.05) is 20.8 Å². The fraction of sp³-hybridized carbons (Fsp3) is 0.417. The van der Waals surface area contributed by atoms with E-state index < -0.39 is 0 Å². The van der Waals surface area contributed by atoms with E-state index in [9.17, 15) is 9.18 Å². The van der Waals surface area contributed by atoms with E-state index >= 15 is 0 Å². The van der Waals surface area contributed by atoms with Gasteiger partial charge in [-0.15, -0.1) is 0 Å². The second-order valence-corrected chi connectivity index (χ2v) is 5.00. The van der Waals surface area contributed by atoms with Gasteiger partial charge in [0, 0.05) is 10.4 Å². The van der Waals surface area contributed by atoms with Gasteiger partial charge in [-0.25, -0.2) is 4.39 Å². The minimum Gasteiger partial charge on any atom is -0.325 e. The first-order valence-electron chi connectivity index (χ1n) is 5.17. The predicted octanol–water partition coefficient (Wildman–Crippen LogP) is 3.82. The fourth-order valence-electron chi connectivity index (χ4n) is 1.14. The van der Waals surface area contributed by atoms with E-state index in [0.717, 1.165) is 0 Å². The zero-order valence-corrected chi connectivity index (χ0v) is 11.1. The van der Waals surface area contributed by atoms with Crippen LogP contribution in [0.5, 0.6) is 0 Å². The molecule has 0 aliphatic heterocycles. The van der Waals surface area contributed by atoms with Crippen LogP contribution in [0.2, 0.25) is 0 Å². The molecule has 0 saturated carbocycles. The lowest BCUT2D eigenvalue weighted by molar-refractivity contribution is -0.120. The van der Waals surface area contributed by atoms with Crippen molar-refractivity contribution < 1.29 is 9.18 Å². The highest BCUT2D eigenvalue weighted by atomic mass is 79.9. The molecular weight excluding hydrogens is 273 g/mol. The number of hydrogen-bond acceptors (Lipinski definition) is 1. The summed E-state index contributed by atoms with van der Waals surface area (Å²) in [6, 6.07) is 4.19. The molecule has 0 aliphatic carbocycles. The van der Waals surface area contributed by atoms with E-state index in [-0.39, 0.29) is 23.6 Å². The molecule has 1 atom stereocenters. The monoisotopic (exact) mass is 287 g/mol. The van der Waals surface area contributed by atoms with Crippen LogP contribution in [-0.4, -0.2) is 5.91 Å². The number of benzene rings is 1. The lowest BCUT2D eigenvalue weighted by Crippen LogP contribution is -2.24. The number of carbonyl (C=O) groups excluding carboxylic acids is 1. The molecule has 4 heteroatoms. The molecule has 2 nitrogen and oxygen atoms in total. The van der Waals surface area contributed by atoms with E-state index in [2.05, 4.69) is 21.2 Å². The molecule has 0 aromatic heterocycles. The summed E-state index contributed by atoms with van der Waals surface area (Å²) < 4.78 is 13.4. The summed E-state index contributed by atoms with van der Waals surface area (Å²) in [6.07, 6.45) is 0. The zero-order valence-electron chi connectivity index (χ0n) is 9.55. The van der Waals surface area contributed by atoms with Crippen LogP contribution >= 0.6 is 15.9 Å². The van der Waals surface area contributed by atoms with Crippen molar-refractivity contribution in [2.24, 2.45) is 11.8 Å². The lowest BCUT2D eigenvalue weighted by Gasteiger charge is -2.16. The van der Waals surface area contributed by atoms with Crippen LogP contribution in [0.1, 0.15) is 20.8 Å². The summed E-state index contributed by atoms with van der Waals surface area (Å²) in [4.78, 5) is 11.8. The topological polar surface area (TPSA) is 29.1 Å². The molecule has 1 amide bonds. The molecule has 88 valence electrons. The molecule has 0 bridgehead atoms. The predicted molar refractivity (Wildman–Crippen MR) is 66.7 cm³/mol. The maximum atomic E-state index is 12.8. The summed E-state index contributed by atoms with van der Waals surface area (Å²) in [5, 5.41) is 2.77. The zero-order chi connectivity index (χ0) is 12.3. The van der Waals surface area contributed by atoms with Crippen LogP contribution in [-0.2, 0) is 4.79 Å². The van der Waals surface area contributed by atoms with Crippen molar-refractivity contribution in [2.45, 2.75) is 20.8 Å². The Morgan fingerprint density at radius 3 is 2.50 bits per heavy atom. The molecule has 1 aromatic carbocycles. The van der Waals surface area contributed by atoms with Gasteiger partial charge in [0.1, 0.15) is 5.82 Å². The average molecular weight is 288 g/mol. The van der Waals surface area contributed by atoms with Gasteiger partial charge in [-0.3, -0.25) is 4.79 Å². The summed E-state index contributed by atoms with van der Waals surface area (Å²) in [7, 11) is 0. The Balaban J connectivity index is 2.77. The van der Waals surface area contributed by atoms with E-state index in [0.29, 0.717) is 10.2 Å². The van der Waals surface area contributed by atoms with Crippen molar-refractivity contribution in [1.82, 2.24) is 0 Å². The smallest absolute Gasteiger partial charge is 0.227 e. The van der Waals surface area contributed by atoms with E-state index in [1.807, 2.05) is 20.8 Å². The molecule has 1 unspecified atom stereocenters. The third kappa shape index (κ3) is 3.30. The number of hydrogen-bond donors (Lipinski definition) is 1. The van der Waals surface area contributed by atoms with E-state index in [4.69, 9.17) is 0 Å². The van der Waals surface area contributed by atoms with Gasteiger partial charge >= 0.3 is 0 Å². The summed E-state index contributed by atoms with van der Waals surface area (Å²) >= 11 is 3.21. The Morgan fingerprint density at radius 2 is 2.00 bits per heavy atom. The van der Waals surface area contributed by atoms with Crippen molar-refractivity contribution in [3.8, 4) is 0 Å². The maximum Gasteiger partial charge on any atom is 0.227 e. The number of amides is 1. The largest absolute Gasteiger partial charge is 0.325 e. The summed E-state index contributed by atoms with van der Waals surface area (Å²) in [5.74, 6) is -0.180. The number of anilines is 1. The number of nitrogens with one attached hydrogen (secondary N) is 1. The quantitative estimate of drug-likeness (QED) is 0.900. The Morgan fingerprint density at radius 1 is 1.38 bits per heavy atom. The highest BCUT2D eigenvalue weighted by Gasteiger charge is 2.17. The van der Waals surface area contributed by atoms with Gasteiger partial charge < -0.3 is 5.32 Å². The lowest BCUT2D eigenvalue weighted by atomic mass is 9.97. The Kier molecular flexibility index (Phi) is 4.47. The molecule has 0 radical (unpaired) electrons. The van der Waals surface area contributed by atoms with Crippen LogP contribution < -0.4 is 5.32 Å². The molecule has 0 fully saturated rings. The SMILES string of the molecule is CC(C)C(C)C(=O)Nc1ccc(F)cc1Br. The summed E-state index contributed by atoms with van der Waals surface area (Å²) in [5.41, 5.74) is 0.596. The van der Waals surface area contributed by atoms with Gasteiger partial charge in [-0.05, 0) is 40.0 Å². The average Bonchev–Trinajstić information content (AvgIpc) is 2.20. The van der Waals surface area contributed by atoms with Gasteiger partial charge in [0.05, 0.1) is 5.69 Å². The van der Waals surface area contributed by atoms with Crippen molar-refractivity contribution >= 4 is 27.5 Å². The molecule has 1 aromatic rings. The second-order valence-electron chi connectivity index (χ2n) is 4.15. The van der Waals surface area contributed by atoms with Gasteiger partial charge in [0.15, 0.2) is 0 Å². The highest BCUT2D eigenvalue weighted by molar-refractivity contribution is 9.10. The van der Waals surface area contributed by atoms with Crippen LogP contribution in [0.3, 0.4) is 0 Å². The second kappa shape index (κ2) is 5.43. The highest BCUT2D eigenvalue weighted by Crippen LogP contribution is 2.24. The summed E-state index contributed by atoms with van der Waals surface area (Å²) in [6.45, 7) is 5.85. The molecule has 16 heavy (non-hydrogen) atoms. The Labute approximate surface area is 103 Å². The van der Waals surface area contributed by atoms with Crippen LogP contribution in [0.4, 0.5) is 10.1 Å². The standard InChI is InChI=1S/C12H15BrFNO/c1-7(2)8(3)12(16)15-11-5-4-9(14)6-10(11)13/h4-8H,1-3H3,(H,15,16). The first-order valence-corrected chi connectivity index (χ1v) is 5.97. The number of halogens is 2. The normalized spacial score (nSPS) is 12.6. The molecule has 1 rings (SSSR count). The van der Waals surface area contributed by atoms with Crippen molar-refractivity contribution in [1.29, 1.82) is 0 Å². The molecule has 0 aliphatic rings. The molecule has 1 N–H and O–H groups in total. The first kappa shape index (κ1) is 13.2. The van der Waals surface area contributed by atoms with Crippen molar-refractivity contribution in [3.05, 3.63) is 28.5 Å². The molecule has 0 saturated heterocycles. The van der Waals surface area contributed by atoms with Gasteiger partial charge in [-0.2, -0.15) is 0 Å². The molecule has 0 heterocycles.